The smallest absolute Gasteiger partial charge is 0.257 e. The van der Waals surface area contributed by atoms with E-state index >= 15 is 0 Å². The van der Waals surface area contributed by atoms with Crippen LogP contribution in [0.1, 0.15) is 10.4 Å². The molecule has 1 aromatic carbocycles. The molecule has 6 nitrogen and oxygen atoms in total. The van der Waals surface area contributed by atoms with Crippen LogP contribution in [-0.4, -0.2) is 42.3 Å². The fourth-order valence-electron chi connectivity index (χ4n) is 2.07. The Bertz CT molecular complexity index is 638. The molecule has 0 bridgehead atoms. The van der Waals surface area contributed by atoms with Gasteiger partial charge in [-0.25, -0.2) is 4.98 Å². The van der Waals surface area contributed by atoms with Gasteiger partial charge in [0.2, 0.25) is 0 Å². The third-order valence-corrected chi connectivity index (χ3v) is 4.12. The zero-order chi connectivity index (χ0) is 14.7. The molecule has 2 heterocycles. The van der Waals surface area contributed by atoms with Crippen molar-refractivity contribution in [1.29, 1.82) is 0 Å². The Morgan fingerprint density at radius 1 is 1.38 bits per heavy atom. The van der Waals surface area contributed by atoms with Crippen LogP contribution >= 0.6 is 11.3 Å². The van der Waals surface area contributed by atoms with E-state index in [1.54, 1.807) is 18.3 Å². The van der Waals surface area contributed by atoms with Gasteiger partial charge in [0.05, 0.1) is 19.4 Å². The van der Waals surface area contributed by atoms with Crippen molar-refractivity contribution >= 4 is 27.4 Å². The van der Waals surface area contributed by atoms with Crippen LogP contribution < -0.4 is 10.2 Å². The summed E-state index contributed by atoms with van der Waals surface area (Å²) in [4.78, 5) is 18.5. The first-order valence-corrected chi connectivity index (χ1v) is 7.43. The maximum absolute atomic E-state index is 12.1. The molecule has 0 aliphatic carbocycles. The first kappa shape index (κ1) is 13.8. The molecule has 1 saturated heterocycles. The number of carbonyl (C=O) groups excluding carboxylic acids is 1. The number of ether oxygens (including phenoxy) is 1. The fourth-order valence-corrected chi connectivity index (χ4v) is 2.93. The second kappa shape index (κ2) is 6.11. The molecule has 3 rings (SSSR count). The van der Waals surface area contributed by atoms with Crippen LogP contribution in [0.5, 0.6) is 5.75 Å². The number of anilines is 2. The lowest BCUT2D eigenvalue weighted by molar-refractivity contribution is 0.102. The zero-order valence-electron chi connectivity index (χ0n) is 11.3. The van der Waals surface area contributed by atoms with E-state index in [1.165, 1.54) is 23.5 Å². The van der Waals surface area contributed by atoms with Gasteiger partial charge < -0.3 is 14.7 Å². The molecule has 7 heteroatoms. The van der Waals surface area contributed by atoms with Gasteiger partial charge in [0, 0.05) is 18.7 Å². The minimum Gasteiger partial charge on any atom is -0.508 e. The molecule has 1 aromatic heterocycles. The minimum atomic E-state index is -0.284. The van der Waals surface area contributed by atoms with Gasteiger partial charge in [-0.1, -0.05) is 17.4 Å². The lowest BCUT2D eigenvalue weighted by Gasteiger charge is -2.26. The van der Waals surface area contributed by atoms with Crippen LogP contribution in [0.15, 0.2) is 30.5 Å². The highest BCUT2D eigenvalue weighted by molar-refractivity contribution is 7.19. The molecule has 2 N–H and O–H groups in total. The molecule has 21 heavy (non-hydrogen) atoms. The maximum atomic E-state index is 12.1. The van der Waals surface area contributed by atoms with Gasteiger partial charge in [0.15, 0.2) is 5.13 Å². The van der Waals surface area contributed by atoms with Crippen molar-refractivity contribution in [3.8, 4) is 5.75 Å². The highest BCUT2D eigenvalue weighted by atomic mass is 32.1. The van der Waals surface area contributed by atoms with Crippen LogP contribution in [0.3, 0.4) is 0 Å². The third kappa shape index (κ3) is 3.32. The lowest BCUT2D eigenvalue weighted by Crippen LogP contribution is -2.35. The molecule has 0 radical (unpaired) electrons. The number of phenolic OH excluding ortho intramolecular Hbond substituents is 1. The topological polar surface area (TPSA) is 74.7 Å². The number of thiazole rings is 1. The van der Waals surface area contributed by atoms with Gasteiger partial charge in [-0.3, -0.25) is 10.1 Å². The summed E-state index contributed by atoms with van der Waals surface area (Å²) < 4.78 is 5.31. The largest absolute Gasteiger partial charge is 0.508 e. The van der Waals surface area contributed by atoms with E-state index in [9.17, 15) is 9.90 Å². The predicted molar refractivity (Wildman–Crippen MR) is 81.2 cm³/mol. The van der Waals surface area contributed by atoms with Crippen molar-refractivity contribution in [2.75, 3.05) is 36.5 Å². The van der Waals surface area contributed by atoms with E-state index in [-0.39, 0.29) is 11.7 Å². The molecule has 0 saturated carbocycles. The summed E-state index contributed by atoms with van der Waals surface area (Å²) in [7, 11) is 0. The van der Waals surface area contributed by atoms with Crippen LogP contribution in [-0.2, 0) is 4.74 Å². The SMILES string of the molecule is O=C(Nc1ncc(N2CCOCC2)s1)c1cccc(O)c1. The number of aromatic hydroxyl groups is 1. The number of benzene rings is 1. The van der Waals surface area contributed by atoms with Gasteiger partial charge in [0.25, 0.3) is 5.91 Å². The number of carbonyl (C=O) groups is 1. The Hall–Kier alpha value is -2.12. The number of hydrogen-bond acceptors (Lipinski definition) is 6. The summed E-state index contributed by atoms with van der Waals surface area (Å²) in [6.07, 6.45) is 1.76. The average Bonchev–Trinajstić information content (AvgIpc) is 2.97. The van der Waals surface area contributed by atoms with Crippen LogP contribution in [0.25, 0.3) is 0 Å². The van der Waals surface area contributed by atoms with Crippen molar-refractivity contribution in [2.45, 2.75) is 0 Å². The standard InChI is InChI=1S/C14H15N3O3S/c18-11-3-1-2-10(8-11)13(19)16-14-15-9-12(21-14)17-4-6-20-7-5-17/h1-3,8-9,18H,4-7H2,(H,15,16,19). The number of phenols is 1. The molecule has 0 unspecified atom stereocenters. The first-order chi connectivity index (χ1) is 10.2. The molecular formula is C14H15N3O3S. The van der Waals surface area contributed by atoms with Crippen LogP contribution in [0.2, 0.25) is 0 Å². The lowest BCUT2D eigenvalue weighted by atomic mass is 10.2. The Labute approximate surface area is 126 Å². The van der Waals surface area contributed by atoms with Gasteiger partial charge in [-0.05, 0) is 18.2 Å². The normalized spacial score (nSPS) is 15.0. The number of nitrogens with one attached hydrogen (secondary N) is 1. The van der Waals surface area contributed by atoms with E-state index in [4.69, 9.17) is 4.74 Å². The highest BCUT2D eigenvalue weighted by Gasteiger charge is 2.15. The van der Waals surface area contributed by atoms with Crippen LogP contribution in [0.4, 0.5) is 10.1 Å². The molecule has 1 amide bonds. The summed E-state index contributed by atoms with van der Waals surface area (Å²) in [6, 6.07) is 6.22. The minimum absolute atomic E-state index is 0.0656. The summed E-state index contributed by atoms with van der Waals surface area (Å²) >= 11 is 1.43. The molecule has 1 aliphatic rings. The summed E-state index contributed by atoms with van der Waals surface area (Å²) in [5.74, 6) is -0.218. The molecule has 0 spiro atoms. The fraction of sp³-hybridized carbons (Fsp3) is 0.286. The average molecular weight is 305 g/mol. The van der Waals surface area contributed by atoms with Crippen molar-refractivity contribution in [1.82, 2.24) is 4.98 Å². The van der Waals surface area contributed by atoms with Crippen molar-refractivity contribution < 1.29 is 14.6 Å². The van der Waals surface area contributed by atoms with Gasteiger partial charge in [-0.15, -0.1) is 0 Å². The van der Waals surface area contributed by atoms with Gasteiger partial charge in [0.1, 0.15) is 10.8 Å². The second-order valence-corrected chi connectivity index (χ2v) is 5.62. The van der Waals surface area contributed by atoms with Crippen molar-refractivity contribution in [2.24, 2.45) is 0 Å². The van der Waals surface area contributed by atoms with Crippen LogP contribution in [0, 0.1) is 0 Å². The number of rotatable bonds is 3. The van der Waals surface area contributed by atoms with E-state index in [0.717, 1.165) is 18.1 Å². The number of morpholine rings is 1. The Morgan fingerprint density at radius 3 is 2.95 bits per heavy atom. The molecule has 1 fully saturated rings. The van der Waals surface area contributed by atoms with E-state index in [2.05, 4.69) is 15.2 Å². The molecule has 0 atom stereocenters. The second-order valence-electron chi connectivity index (χ2n) is 4.61. The van der Waals surface area contributed by atoms with E-state index in [1.807, 2.05) is 0 Å². The quantitative estimate of drug-likeness (QED) is 0.906. The summed E-state index contributed by atoms with van der Waals surface area (Å²) in [5.41, 5.74) is 0.401. The summed E-state index contributed by atoms with van der Waals surface area (Å²) in [6.45, 7) is 3.09. The molecule has 1 aliphatic heterocycles. The number of amides is 1. The predicted octanol–water partition coefficient (Wildman–Crippen LogP) is 1.94. The molecule has 2 aromatic rings. The third-order valence-electron chi connectivity index (χ3n) is 3.15. The number of hydrogen-bond donors (Lipinski definition) is 2. The number of nitrogens with zero attached hydrogens (tertiary/aromatic N) is 2. The summed E-state index contributed by atoms with van der Waals surface area (Å²) in [5, 5.41) is 13.7. The molecule has 110 valence electrons. The first-order valence-electron chi connectivity index (χ1n) is 6.61. The Kier molecular flexibility index (Phi) is 4.03. The van der Waals surface area contributed by atoms with E-state index < -0.39 is 0 Å². The molecular weight excluding hydrogens is 290 g/mol. The maximum Gasteiger partial charge on any atom is 0.257 e. The van der Waals surface area contributed by atoms with Crippen molar-refractivity contribution in [3.05, 3.63) is 36.0 Å². The number of aromatic nitrogens is 1. The van der Waals surface area contributed by atoms with E-state index in [0.29, 0.717) is 23.9 Å². The Balaban J connectivity index is 1.68. The van der Waals surface area contributed by atoms with Gasteiger partial charge in [-0.2, -0.15) is 0 Å². The van der Waals surface area contributed by atoms with Gasteiger partial charge >= 0.3 is 0 Å². The highest BCUT2D eigenvalue weighted by Crippen LogP contribution is 2.28. The Morgan fingerprint density at radius 2 is 2.19 bits per heavy atom. The monoisotopic (exact) mass is 305 g/mol. The zero-order valence-corrected chi connectivity index (χ0v) is 12.1. The van der Waals surface area contributed by atoms with Crippen molar-refractivity contribution in [3.63, 3.8) is 0 Å².